The van der Waals surface area contributed by atoms with Gasteiger partial charge in [0.2, 0.25) is 5.91 Å². The number of halogens is 1. The summed E-state index contributed by atoms with van der Waals surface area (Å²) in [5.74, 6) is 2.12. The summed E-state index contributed by atoms with van der Waals surface area (Å²) in [4.78, 5) is 12.4. The number of anilines is 1. The highest BCUT2D eigenvalue weighted by Gasteiger charge is 2.20. The monoisotopic (exact) mass is 502 g/mol. The molecule has 0 radical (unpaired) electrons. The molecule has 1 N–H and O–H groups in total. The van der Waals surface area contributed by atoms with Crippen molar-refractivity contribution in [1.29, 1.82) is 0 Å². The summed E-state index contributed by atoms with van der Waals surface area (Å²) >= 11 is 4.72. The van der Waals surface area contributed by atoms with Crippen molar-refractivity contribution in [2.75, 3.05) is 18.2 Å². The summed E-state index contributed by atoms with van der Waals surface area (Å²) in [7, 11) is 1.59. The fourth-order valence-corrected chi connectivity index (χ4v) is 3.83. The Morgan fingerprint density at radius 1 is 1.26 bits per heavy atom. The lowest BCUT2D eigenvalue weighted by Crippen LogP contribution is -2.15. The number of hydrogen-bond donors (Lipinski definition) is 1. The van der Waals surface area contributed by atoms with Gasteiger partial charge in [0.1, 0.15) is 11.5 Å². The number of nitrogens with zero attached hydrogens (tertiary/aromatic N) is 3. The fraction of sp³-hybridized carbons (Fsp3) is 0.227. The number of thioether (sulfide) groups is 1. The van der Waals surface area contributed by atoms with Crippen molar-refractivity contribution in [3.63, 3.8) is 0 Å². The lowest BCUT2D eigenvalue weighted by Gasteiger charge is -2.15. The highest BCUT2D eigenvalue weighted by atomic mass is 79.9. The van der Waals surface area contributed by atoms with Crippen LogP contribution in [0.5, 0.6) is 11.5 Å². The molecular formula is C22H23BrN4O3S. The van der Waals surface area contributed by atoms with Crippen LogP contribution in [-0.2, 0) is 11.3 Å². The summed E-state index contributed by atoms with van der Waals surface area (Å²) in [5, 5.41) is 12.0. The van der Waals surface area contributed by atoms with E-state index in [-0.39, 0.29) is 17.8 Å². The molecule has 0 saturated carbocycles. The minimum absolute atomic E-state index is 0.146. The van der Waals surface area contributed by atoms with Crippen LogP contribution < -0.4 is 14.8 Å². The van der Waals surface area contributed by atoms with E-state index in [1.54, 1.807) is 19.3 Å². The number of allylic oxidation sites excluding steroid dienone is 1. The van der Waals surface area contributed by atoms with Crippen LogP contribution >= 0.6 is 27.7 Å². The molecule has 0 aliphatic rings. The lowest BCUT2D eigenvalue weighted by molar-refractivity contribution is -0.113. The van der Waals surface area contributed by atoms with Crippen LogP contribution in [0.15, 0.2) is 70.8 Å². The van der Waals surface area contributed by atoms with Gasteiger partial charge in [0.25, 0.3) is 0 Å². The number of ether oxygens (including phenoxy) is 2. The van der Waals surface area contributed by atoms with Gasteiger partial charge in [0, 0.05) is 22.8 Å². The maximum atomic E-state index is 12.4. The summed E-state index contributed by atoms with van der Waals surface area (Å²) in [6, 6.07) is 14.8. The number of benzene rings is 2. The molecule has 162 valence electrons. The second kappa shape index (κ2) is 11.0. The Morgan fingerprint density at radius 2 is 2.03 bits per heavy atom. The Balaban J connectivity index is 1.65. The second-order valence-corrected chi connectivity index (χ2v) is 8.38. The van der Waals surface area contributed by atoms with Crippen LogP contribution in [0.3, 0.4) is 0 Å². The molecule has 0 aliphatic carbocycles. The van der Waals surface area contributed by atoms with Crippen molar-refractivity contribution < 1.29 is 14.3 Å². The van der Waals surface area contributed by atoms with Gasteiger partial charge in [-0.15, -0.1) is 16.8 Å². The van der Waals surface area contributed by atoms with Crippen LogP contribution in [0.25, 0.3) is 0 Å². The number of nitrogens with one attached hydrogen (secondary N) is 1. The smallest absolute Gasteiger partial charge is 0.234 e. The topological polar surface area (TPSA) is 78.3 Å². The first kappa shape index (κ1) is 22.9. The average molecular weight is 503 g/mol. The van der Waals surface area contributed by atoms with Gasteiger partial charge in [0.05, 0.1) is 12.9 Å². The normalized spacial score (nSPS) is 11.6. The van der Waals surface area contributed by atoms with Crippen LogP contribution in [0.2, 0.25) is 0 Å². The van der Waals surface area contributed by atoms with Crippen molar-refractivity contribution in [3.8, 4) is 11.5 Å². The predicted octanol–water partition coefficient (Wildman–Crippen LogP) is 5.11. The number of carbonyl (C=O) groups excluding carboxylic acids is 1. The van der Waals surface area contributed by atoms with E-state index in [1.165, 1.54) is 11.8 Å². The molecule has 1 amide bonds. The molecule has 1 aromatic heterocycles. The molecule has 3 rings (SSSR count). The van der Waals surface area contributed by atoms with Crippen LogP contribution in [-0.4, -0.2) is 33.5 Å². The van der Waals surface area contributed by atoms with E-state index in [0.717, 1.165) is 10.2 Å². The Morgan fingerprint density at radius 3 is 2.74 bits per heavy atom. The van der Waals surface area contributed by atoms with Gasteiger partial charge >= 0.3 is 0 Å². The van der Waals surface area contributed by atoms with Crippen molar-refractivity contribution in [1.82, 2.24) is 14.8 Å². The fourth-order valence-electron chi connectivity index (χ4n) is 2.81. The number of amides is 1. The number of carbonyl (C=O) groups is 1. The van der Waals surface area contributed by atoms with Gasteiger partial charge < -0.3 is 14.8 Å². The first-order valence-electron chi connectivity index (χ1n) is 9.53. The molecule has 0 aliphatic heterocycles. The lowest BCUT2D eigenvalue weighted by atomic mass is 10.3. The Kier molecular flexibility index (Phi) is 8.13. The van der Waals surface area contributed by atoms with E-state index < -0.39 is 0 Å². The molecule has 31 heavy (non-hydrogen) atoms. The number of aromatic nitrogens is 3. The molecule has 9 heteroatoms. The van der Waals surface area contributed by atoms with E-state index in [1.807, 2.05) is 54.0 Å². The predicted molar refractivity (Wildman–Crippen MR) is 126 cm³/mol. The molecule has 1 unspecified atom stereocenters. The molecule has 0 bridgehead atoms. The van der Waals surface area contributed by atoms with Crippen molar-refractivity contribution in [2.45, 2.75) is 24.7 Å². The van der Waals surface area contributed by atoms with Crippen molar-refractivity contribution in [2.24, 2.45) is 0 Å². The van der Waals surface area contributed by atoms with Crippen LogP contribution in [0.4, 0.5) is 5.69 Å². The third kappa shape index (κ3) is 6.35. The molecule has 0 fully saturated rings. The van der Waals surface area contributed by atoms with Gasteiger partial charge in [-0.1, -0.05) is 39.8 Å². The van der Waals surface area contributed by atoms with E-state index in [9.17, 15) is 4.79 Å². The first-order valence-corrected chi connectivity index (χ1v) is 11.3. The molecular weight excluding hydrogens is 480 g/mol. The third-order valence-corrected chi connectivity index (χ3v) is 5.73. The minimum atomic E-state index is -0.325. The van der Waals surface area contributed by atoms with Crippen molar-refractivity contribution >= 4 is 39.3 Å². The van der Waals surface area contributed by atoms with E-state index in [4.69, 9.17) is 9.47 Å². The summed E-state index contributed by atoms with van der Waals surface area (Å²) in [5.41, 5.74) is 0.676. The van der Waals surface area contributed by atoms with E-state index >= 15 is 0 Å². The molecule has 1 heterocycles. The maximum absolute atomic E-state index is 12.4. The summed E-state index contributed by atoms with van der Waals surface area (Å²) in [6.45, 7) is 6.24. The van der Waals surface area contributed by atoms with Crippen LogP contribution in [0.1, 0.15) is 18.9 Å². The standard InChI is InChI=1S/C22H23BrN4O3S/c1-4-12-27-21(15(2)30-18-10-8-16(23)9-11-18)25-26-22(27)31-14-20(28)24-17-6-5-7-19(13-17)29-3/h4-11,13,15H,1,12,14H2,2-3H3,(H,24,28). The molecule has 3 aromatic rings. The molecule has 0 saturated heterocycles. The Hall–Kier alpha value is -2.78. The van der Waals surface area contributed by atoms with Crippen molar-refractivity contribution in [3.05, 3.63) is 71.5 Å². The summed E-state index contributed by atoms with van der Waals surface area (Å²) < 4.78 is 14.1. The number of methoxy groups -OCH3 is 1. The Labute approximate surface area is 194 Å². The molecule has 7 nitrogen and oxygen atoms in total. The van der Waals surface area contributed by atoms with E-state index in [2.05, 4.69) is 38.0 Å². The highest BCUT2D eigenvalue weighted by Crippen LogP contribution is 2.26. The maximum Gasteiger partial charge on any atom is 0.234 e. The van der Waals surface area contributed by atoms with Gasteiger partial charge in [-0.05, 0) is 43.3 Å². The molecule has 1 atom stereocenters. The van der Waals surface area contributed by atoms with E-state index in [0.29, 0.717) is 29.0 Å². The van der Waals surface area contributed by atoms with Gasteiger partial charge in [-0.3, -0.25) is 9.36 Å². The quantitative estimate of drug-likeness (QED) is 0.306. The van der Waals surface area contributed by atoms with Gasteiger partial charge in [-0.25, -0.2) is 0 Å². The second-order valence-electron chi connectivity index (χ2n) is 6.52. The number of rotatable bonds is 10. The molecule has 2 aromatic carbocycles. The largest absolute Gasteiger partial charge is 0.497 e. The Bertz CT molecular complexity index is 1040. The first-order chi connectivity index (χ1) is 15.0. The van der Waals surface area contributed by atoms with Crippen LogP contribution in [0, 0.1) is 0 Å². The third-order valence-electron chi connectivity index (χ3n) is 4.23. The highest BCUT2D eigenvalue weighted by molar-refractivity contribution is 9.10. The number of hydrogen-bond acceptors (Lipinski definition) is 6. The summed E-state index contributed by atoms with van der Waals surface area (Å²) in [6.07, 6.45) is 1.44. The molecule has 0 spiro atoms. The minimum Gasteiger partial charge on any atom is -0.497 e. The zero-order valence-corrected chi connectivity index (χ0v) is 19.6. The van der Waals surface area contributed by atoms with Gasteiger partial charge in [0.15, 0.2) is 17.1 Å². The zero-order chi connectivity index (χ0) is 22.2. The zero-order valence-electron chi connectivity index (χ0n) is 17.2. The van der Waals surface area contributed by atoms with Gasteiger partial charge in [-0.2, -0.15) is 0 Å². The average Bonchev–Trinajstić information content (AvgIpc) is 3.17. The SMILES string of the molecule is C=CCn1c(SCC(=O)Nc2cccc(OC)c2)nnc1C(C)Oc1ccc(Br)cc1.